The molecular formula is C28H28ClFN6O6. The van der Waals surface area contributed by atoms with Crippen LogP contribution in [-0.4, -0.2) is 78.6 Å². The zero-order valence-corrected chi connectivity index (χ0v) is 23.4. The van der Waals surface area contributed by atoms with E-state index < -0.39 is 48.6 Å². The molecule has 0 saturated carbocycles. The Bertz CT molecular complexity index is 1590. The van der Waals surface area contributed by atoms with Gasteiger partial charge in [-0.1, -0.05) is 30.3 Å². The van der Waals surface area contributed by atoms with E-state index in [4.69, 9.17) is 31.5 Å². The minimum absolute atomic E-state index is 0.00568. The number of pyridine rings is 1. The fraction of sp³-hybridized carbons (Fsp3) is 0.357. The highest BCUT2D eigenvalue weighted by Crippen LogP contribution is 2.35. The number of carbonyl (C=O) groups is 2. The van der Waals surface area contributed by atoms with E-state index in [9.17, 15) is 14.7 Å². The van der Waals surface area contributed by atoms with Crippen LogP contribution in [-0.2, 0) is 30.2 Å². The summed E-state index contributed by atoms with van der Waals surface area (Å²) in [6.07, 6.45) is -3.51. The van der Waals surface area contributed by atoms with Crippen LogP contribution in [0.4, 0.5) is 10.2 Å². The summed E-state index contributed by atoms with van der Waals surface area (Å²) in [6, 6.07) is 12.7. The number of ether oxygens (including phenoxy) is 3. The van der Waals surface area contributed by atoms with Gasteiger partial charge in [0.1, 0.15) is 17.7 Å². The maximum atomic E-state index is 15.4. The molecule has 0 radical (unpaired) electrons. The molecule has 1 aliphatic rings. The maximum Gasteiger partial charge on any atom is 0.346 e. The first kappa shape index (κ1) is 29.5. The van der Waals surface area contributed by atoms with Crippen molar-refractivity contribution in [3.05, 3.63) is 65.8 Å². The van der Waals surface area contributed by atoms with Crippen molar-refractivity contribution < 1.29 is 33.3 Å². The van der Waals surface area contributed by atoms with E-state index in [1.807, 2.05) is 30.3 Å². The van der Waals surface area contributed by atoms with Crippen LogP contribution in [0.2, 0.25) is 5.28 Å². The molecule has 0 bridgehead atoms. The predicted octanol–water partition coefficient (Wildman–Crippen LogP) is 2.87. The second-order valence-corrected chi connectivity index (χ2v) is 10.0. The number of ketones is 1. The van der Waals surface area contributed by atoms with Crippen molar-refractivity contribution in [2.45, 2.75) is 50.5 Å². The van der Waals surface area contributed by atoms with Crippen LogP contribution in [0, 0.1) is 0 Å². The molecule has 0 amide bonds. The van der Waals surface area contributed by atoms with Gasteiger partial charge in [0.15, 0.2) is 29.6 Å². The highest BCUT2D eigenvalue weighted by molar-refractivity contribution is 6.28. The zero-order valence-electron chi connectivity index (χ0n) is 22.7. The van der Waals surface area contributed by atoms with Crippen LogP contribution in [0.25, 0.3) is 22.4 Å². The lowest BCUT2D eigenvalue weighted by atomic mass is 9.89. The normalized spacial score (nSPS) is 21.7. The van der Waals surface area contributed by atoms with Crippen LogP contribution in [0.3, 0.4) is 0 Å². The monoisotopic (exact) mass is 598 g/mol. The highest BCUT2D eigenvalue weighted by Gasteiger charge is 2.50. The molecule has 1 fully saturated rings. The third-order valence-electron chi connectivity index (χ3n) is 7.02. The Morgan fingerprint density at radius 3 is 2.62 bits per heavy atom. The molecule has 4 aromatic rings. The average Bonchev–Trinajstić information content (AvgIpc) is 3.52. The fourth-order valence-corrected chi connectivity index (χ4v) is 4.97. The molecule has 1 saturated heterocycles. The first-order valence-corrected chi connectivity index (χ1v) is 13.5. The molecule has 5 atom stereocenters. The minimum atomic E-state index is -2.08. The van der Waals surface area contributed by atoms with E-state index in [1.54, 1.807) is 25.3 Å². The van der Waals surface area contributed by atoms with Crippen LogP contribution < -0.4 is 5.73 Å². The molecule has 220 valence electrons. The summed E-state index contributed by atoms with van der Waals surface area (Å²) in [5.74, 6) is -1.54. The van der Waals surface area contributed by atoms with Gasteiger partial charge in [-0.3, -0.25) is 14.3 Å². The number of fused-ring (bicyclic) bond motifs is 1. The van der Waals surface area contributed by atoms with Crippen molar-refractivity contribution in [2.24, 2.45) is 0 Å². The first-order chi connectivity index (χ1) is 20.1. The lowest BCUT2D eigenvalue weighted by molar-refractivity contribution is -0.183. The van der Waals surface area contributed by atoms with Gasteiger partial charge < -0.3 is 25.1 Å². The van der Waals surface area contributed by atoms with Crippen molar-refractivity contribution in [1.82, 2.24) is 24.5 Å². The first-order valence-electron chi connectivity index (χ1n) is 13.1. The number of aliphatic hydroxyl groups is 1. The Morgan fingerprint density at radius 1 is 1.19 bits per heavy atom. The van der Waals surface area contributed by atoms with Gasteiger partial charge in [0.05, 0.1) is 25.2 Å². The van der Waals surface area contributed by atoms with E-state index in [0.717, 1.165) is 11.3 Å². The molecule has 3 aromatic heterocycles. The maximum absolute atomic E-state index is 15.4. The molecule has 4 heterocycles. The fourth-order valence-electron chi connectivity index (χ4n) is 4.80. The van der Waals surface area contributed by atoms with Crippen molar-refractivity contribution in [2.75, 3.05) is 18.9 Å². The number of hydrogen-bond acceptors (Lipinski definition) is 11. The summed E-state index contributed by atoms with van der Waals surface area (Å²) in [7, 11) is 0. The number of benzene rings is 1. The number of nitrogens with two attached hydrogens (primary N) is 1. The molecule has 14 heteroatoms. The van der Waals surface area contributed by atoms with E-state index >= 15 is 4.39 Å². The molecule has 12 nitrogen and oxygen atoms in total. The molecule has 0 spiro atoms. The SMILES string of the molecule is CCOC(=O)C(Cc1ccc(-c2ccccn2)cc1)(OC[C@H]1O[C@@H](n2cnc3c(N)nc(Cl)nc32)[C@@H](F)[C@@H]1O)C(C)=O. The molecule has 1 unspecified atom stereocenters. The Morgan fingerprint density at radius 2 is 1.95 bits per heavy atom. The van der Waals surface area contributed by atoms with Crippen molar-refractivity contribution >= 4 is 40.3 Å². The summed E-state index contributed by atoms with van der Waals surface area (Å²) in [5, 5.41) is 10.5. The lowest BCUT2D eigenvalue weighted by Gasteiger charge is -2.30. The molecule has 42 heavy (non-hydrogen) atoms. The molecular weight excluding hydrogens is 571 g/mol. The average molecular weight is 599 g/mol. The van der Waals surface area contributed by atoms with Crippen molar-refractivity contribution in [3.8, 4) is 11.3 Å². The lowest BCUT2D eigenvalue weighted by Crippen LogP contribution is -2.52. The molecule has 5 rings (SSSR count). The van der Waals surface area contributed by atoms with Crippen LogP contribution in [0.5, 0.6) is 0 Å². The topological polar surface area (TPSA) is 165 Å². The number of anilines is 1. The van der Waals surface area contributed by atoms with Crippen molar-refractivity contribution in [1.29, 1.82) is 0 Å². The number of nitrogen functional groups attached to an aromatic ring is 1. The smallest absolute Gasteiger partial charge is 0.346 e. The number of Topliss-reactive ketones (excluding diaryl/α,β-unsaturated/α-hetero) is 1. The Hall–Kier alpha value is -4.04. The number of imidazole rings is 1. The minimum Gasteiger partial charge on any atom is -0.463 e. The molecule has 1 aromatic carbocycles. The summed E-state index contributed by atoms with van der Waals surface area (Å²) in [6.45, 7) is 2.29. The van der Waals surface area contributed by atoms with Crippen LogP contribution >= 0.6 is 11.6 Å². The molecule has 0 aliphatic carbocycles. The van der Waals surface area contributed by atoms with Gasteiger partial charge in [-0.25, -0.2) is 14.2 Å². The van der Waals surface area contributed by atoms with Gasteiger partial charge in [-0.2, -0.15) is 9.97 Å². The standard InChI is InChI=1S/C28H28ClFN6O6/c1-3-40-26(39)28(15(2)37,12-16-7-9-17(10-8-16)18-6-4-5-11-32-18)41-13-19-22(38)20(30)25(42-19)36-14-33-21-23(31)34-27(29)35-24(21)36/h4-11,14,19-20,22,25,38H,3,12-13H2,1-2H3,(H2,31,34,35)/t19-,20+,22-,25-,28?/m1/s1. The predicted molar refractivity (Wildman–Crippen MR) is 149 cm³/mol. The van der Waals surface area contributed by atoms with Gasteiger partial charge >= 0.3 is 5.97 Å². The van der Waals surface area contributed by atoms with Crippen LogP contribution in [0.1, 0.15) is 25.6 Å². The second kappa shape index (κ2) is 12.1. The Labute approximate surface area is 244 Å². The quantitative estimate of drug-likeness (QED) is 0.157. The summed E-state index contributed by atoms with van der Waals surface area (Å²) in [5.41, 5.74) is 6.25. The van der Waals surface area contributed by atoms with Gasteiger partial charge in [0, 0.05) is 18.2 Å². The Kier molecular flexibility index (Phi) is 8.45. The van der Waals surface area contributed by atoms with Crippen LogP contribution in [0.15, 0.2) is 55.0 Å². The van der Waals surface area contributed by atoms with Gasteiger partial charge in [-0.15, -0.1) is 0 Å². The van der Waals surface area contributed by atoms with Gasteiger partial charge in [-0.05, 0) is 43.1 Å². The number of esters is 1. The summed E-state index contributed by atoms with van der Waals surface area (Å²) >= 11 is 5.92. The van der Waals surface area contributed by atoms with E-state index in [1.165, 1.54) is 17.8 Å². The van der Waals surface area contributed by atoms with E-state index in [-0.39, 0.29) is 35.3 Å². The zero-order chi connectivity index (χ0) is 30.0. The number of aromatic nitrogens is 5. The van der Waals surface area contributed by atoms with E-state index in [2.05, 4.69) is 19.9 Å². The van der Waals surface area contributed by atoms with Gasteiger partial charge in [0.25, 0.3) is 0 Å². The highest BCUT2D eigenvalue weighted by atomic mass is 35.5. The number of carbonyl (C=O) groups excluding carboxylic acids is 2. The number of rotatable bonds is 10. The number of hydrogen-bond donors (Lipinski definition) is 2. The summed E-state index contributed by atoms with van der Waals surface area (Å²) in [4.78, 5) is 42.5. The van der Waals surface area contributed by atoms with E-state index in [0.29, 0.717) is 5.56 Å². The number of halogens is 2. The van der Waals surface area contributed by atoms with Crippen molar-refractivity contribution in [3.63, 3.8) is 0 Å². The number of aliphatic hydroxyl groups excluding tert-OH is 1. The third kappa shape index (κ3) is 5.55. The number of alkyl halides is 1. The molecule has 3 N–H and O–H groups in total. The Balaban J connectivity index is 1.38. The second-order valence-electron chi connectivity index (χ2n) is 9.71. The largest absolute Gasteiger partial charge is 0.463 e. The molecule has 1 aliphatic heterocycles. The van der Waals surface area contributed by atoms with Gasteiger partial charge in [0.2, 0.25) is 10.9 Å². The summed E-state index contributed by atoms with van der Waals surface area (Å²) < 4.78 is 33.6. The third-order valence-corrected chi connectivity index (χ3v) is 7.19. The number of nitrogens with zero attached hydrogens (tertiary/aromatic N) is 5.